The number of amides is 4. The molecule has 2 aliphatic rings. The van der Waals surface area contributed by atoms with Crippen LogP contribution in [0, 0.1) is 0 Å². The highest BCUT2D eigenvalue weighted by molar-refractivity contribution is 6.35. The fraction of sp³-hybridized carbons (Fsp3) is 0.846. The molecule has 0 saturated carbocycles. The van der Waals surface area contributed by atoms with Crippen LogP contribution in [0.15, 0.2) is 0 Å². The van der Waals surface area contributed by atoms with E-state index < -0.39 is 23.6 Å². The van der Waals surface area contributed by atoms with Crippen LogP contribution >= 0.6 is 0 Å². The van der Waals surface area contributed by atoms with Crippen molar-refractivity contribution in [2.75, 3.05) is 27.2 Å². The van der Waals surface area contributed by atoms with Crippen molar-refractivity contribution in [3.05, 3.63) is 0 Å². The van der Waals surface area contributed by atoms with Gasteiger partial charge in [0.1, 0.15) is 0 Å². The van der Waals surface area contributed by atoms with E-state index in [1.165, 1.54) is 0 Å². The highest BCUT2D eigenvalue weighted by atomic mass is 16.2. The lowest BCUT2D eigenvalue weighted by Crippen LogP contribution is -2.65. The highest BCUT2D eigenvalue weighted by Gasteiger charge is 2.47. The number of nitrogens with one attached hydrogen (secondary N) is 2. The standard InChI is InChI=1S/C26H50N8O4/c1-23(2)13-17(14-24(3,4)31(23)9)33(27)21(37)19(35)29-11-12-30-20(36)22(38)34(28)18-15-25(5,6)32(10)26(7,8)16-18/h17-18H,11-16,27-28H2,1-10H3,(H,29,35)(H,30,36). The molecule has 2 fully saturated rings. The Balaban J connectivity index is 1.84. The van der Waals surface area contributed by atoms with Crippen LogP contribution in [-0.4, -0.2) is 105 Å². The molecule has 0 unspecified atom stereocenters. The zero-order chi connectivity index (χ0) is 29.4. The smallest absolute Gasteiger partial charge is 0.326 e. The highest BCUT2D eigenvalue weighted by Crippen LogP contribution is 2.39. The van der Waals surface area contributed by atoms with E-state index in [1.807, 2.05) is 14.1 Å². The first-order chi connectivity index (χ1) is 17.1. The maximum absolute atomic E-state index is 12.7. The van der Waals surface area contributed by atoms with E-state index in [0.29, 0.717) is 25.7 Å². The van der Waals surface area contributed by atoms with Crippen molar-refractivity contribution >= 4 is 23.6 Å². The van der Waals surface area contributed by atoms with Crippen LogP contribution in [0.25, 0.3) is 0 Å². The number of carbonyl (C=O) groups excluding carboxylic acids is 4. The molecular weight excluding hydrogens is 488 g/mol. The van der Waals surface area contributed by atoms with Gasteiger partial charge in [-0.05, 0) is 95.2 Å². The SMILES string of the molecule is CN1C(C)(C)CC(N(N)C(=O)C(=O)NCCNC(=O)C(=O)N(N)C2CC(C)(C)N(C)C(C)(C)C2)CC1(C)C. The first-order valence-corrected chi connectivity index (χ1v) is 13.3. The summed E-state index contributed by atoms with van der Waals surface area (Å²) in [7, 11) is 4.09. The molecule has 0 aliphatic carbocycles. The Labute approximate surface area is 227 Å². The van der Waals surface area contributed by atoms with Crippen LogP contribution in [0.2, 0.25) is 0 Å². The monoisotopic (exact) mass is 538 g/mol. The van der Waals surface area contributed by atoms with Gasteiger partial charge in [0.05, 0.1) is 12.1 Å². The molecule has 2 heterocycles. The molecule has 6 N–H and O–H groups in total. The van der Waals surface area contributed by atoms with Crippen molar-refractivity contribution in [2.45, 2.75) is 115 Å². The van der Waals surface area contributed by atoms with Crippen molar-refractivity contribution in [3.8, 4) is 0 Å². The van der Waals surface area contributed by atoms with E-state index in [4.69, 9.17) is 11.7 Å². The van der Waals surface area contributed by atoms with Gasteiger partial charge < -0.3 is 10.6 Å². The second-order valence-corrected chi connectivity index (χ2v) is 13.4. The van der Waals surface area contributed by atoms with Crippen molar-refractivity contribution < 1.29 is 19.2 Å². The van der Waals surface area contributed by atoms with E-state index in [1.54, 1.807) is 0 Å². The molecule has 0 aromatic heterocycles. The second kappa shape index (κ2) is 11.1. The summed E-state index contributed by atoms with van der Waals surface area (Å²) in [6.45, 7) is 16.6. The van der Waals surface area contributed by atoms with Crippen molar-refractivity contribution in [1.29, 1.82) is 0 Å². The molecule has 0 bridgehead atoms. The van der Waals surface area contributed by atoms with Crippen LogP contribution in [-0.2, 0) is 19.2 Å². The number of hydrogen-bond donors (Lipinski definition) is 4. The Morgan fingerprint density at radius 1 is 0.632 bits per heavy atom. The van der Waals surface area contributed by atoms with Crippen LogP contribution < -0.4 is 22.3 Å². The fourth-order valence-electron chi connectivity index (χ4n) is 6.10. The molecule has 38 heavy (non-hydrogen) atoms. The lowest BCUT2D eigenvalue weighted by atomic mass is 9.77. The summed E-state index contributed by atoms with van der Waals surface area (Å²) in [5.41, 5.74) is -0.803. The number of nitrogens with two attached hydrogens (primary N) is 2. The first-order valence-electron chi connectivity index (χ1n) is 13.3. The lowest BCUT2D eigenvalue weighted by Gasteiger charge is -2.54. The molecule has 0 aromatic rings. The number of carbonyl (C=O) groups is 4. The van der Waals surface area contributed by atoms with Gasteiger partial charge in [-0.3, -0.25) is 39.0 Å². The first kappa shape index (κ1) is 31.9. The summed E-state index contributed by atoms with van der Waals surface area (Å²) < 4.78 is 0. The van der Waals surface area contributed by atoms with Gasteiger partial charge in [0.25, 0.3) is 0 Å². The van der Waals surface area contributed by atoms with Crippen LogP contribution in [0.3, 0.4) is 0 Å². The summed E-state index contributed by atoms with van der Waals surface area (Å²) in [6, 6.07) is -0.589. The normalized spacial score (nSPS) is 23.4. The van der Waals surface area contributed by atoms with Gasteiger partial charge in [-0.1, -0.05) is 0 Å². The summed E-state index contributed by atoms with van der Waals surface area (Å²) in [4.78, 5) is 54.8. The molecule has 0 spiro atoms. The fourth-order valence-corrected chi connectivity index (χ4v) is 6.10. The maximum atomic E-state index is 12.7. The second-order valence-electron chi connectivity index (χ2n) is 13.4. The van der Waals surface area contributed by atoms with E-state index in [9.17, 15) is 19.2 Å². The largest absolute Gasteiger partial charge is 0.346 e. The third-order valence-electron chi connectivity index (χ3n) is 8.91. The molecule has 12 nitrogen and oxygen atoms in total. The quantitative estimate of drug-likeness (QED) is 0.125. The summed E-state index contributed by atoms with van der Waals surface area (Å²) in [5, 5.41) is 6.98. The predicted octanol–water partition coefficient (Wildman–Crippen LogP) is -0.0738. The Bertz CT molecular complexity index is 822. The Morgan fingerprint density at radius 3 is 1.11 bits per heavy atom. The molecule has 0 atom stereocenters. The van der Waals surface area contributed by atoms with Gasteiger partial charge in [-0.25, -0.2) is 11.7 Å². The summed E-state index contributed by atoms with van der Waals surface area (Å²) in [5.74, 6) is 8.78. The topological polar surface area (TPSA) is 157 Å². The summed E-state index contributed by atoms with van der Waals surface area (Å²) >= 11 is 0. The number of rotatable bonds is 5. The number of hydrazine groups is 2. The Kier molecular flexibility index (Phi) is 9.30. The van der Waals surface area contributed by atoms with Gasteiger partial charge in [0.2, 0.25) is 0 Å². The molecule has 2 saturated heterocycles. The average molecular weight is 539 g/mol. The van der Waals surface area contributed by atoms with Crippen molar-refractivity contribution in [2.24, 2.45) is 11.7 Å². The average Bonchev–Trinajstić information content (AvgIpc) is 2.80. The van der Waals surface area contributed by atoms with Gasteiger partial charge in [-0.2, -0.15) is 0 Å². The minimum absolute atomic E-state index is 0.0410. The number of nitrogens with zero attached hydrogens (tertiary/aromatic N) is 4. The van der Waals surface area contributed by atoms with Gasteiger partial charge >= 0.3 is 23.6 Å². The van der Waals surface area contributed by atoms with E-state index >= 15 is 0 Å². The van der Waals surface area contributed by atoms with Gasteiger partial charge in [0.15, 0.2) is 0 Å². The van der Waals surface area contributed by atoms with Crippen molar-refractivity contribution in [3.63, 3.8) is 0 Å². The van der Waals surface area contributed by atoms with E-state index in [-0.39, 0.29) is 47.3 Å². The number of hydrogen-bond acceptors (Lipinski definition) is 8. The zero-order valence-corrected chi connectivity index (χ0v) is 25.0. The summed E-state index contributed by atoms with van der Waals surface area (Å²) in [6.07, 6.45) is 2.51. The molecule has 2 aliphatic heterocycles. The predicted molar refractivity (Wildman–Crippen MR) is 146 cm³/mol. The van der Waals surface area contributed by atoms with Crippen LogP contribution in [0.1, 0.15) is 81.1 Å². The Morgan fingerprint density at radius 2 is 0.868 bits per heavy atom. The Hall–Kier alpha value is -2.28. The molecule has 0 radical (unpaired) electrons. The maximum Gasteiger partial charge on any atom is 0.326 e. The zero-order valence-electron chi connectivity index (χ0n) is 25.0. The molecular formula is C26H50N8O4. The third-order valence-corrected chi connectivity index (χ3v) is 8.91. The number of piperidine rings is 2. The molecule has 12 heteroatoms. The molecule has 2 rings (SSSR count). The molecule has 218 valence electrons. The van der Waals surface area contributed by atoms with E-state index in [2.05, 4.69) is 75.8 Å². The number of likely N-dealkylation sites (tertiary alicyclic amines) is 2. The lowest BCUT2D eigenvalue weighted by molar-refractivity contribution is -0.151. The van der Waals surface area contributed by atoms with Gasteiger partial charge in [-0.15, -0.1) is 0 Å². The van der Waals surface area contributed by atoms with Crippen LogP contribution in [0.4, 0.5) is 0 Å². The molecule has 4 amide bonds. The van der Waals surface area contributed by atoms with Crippen LogP contribution in [0.5, 0.6) is 0 Å². The minimum Gasteiger partial charge on any atom is -0.346 e. The third kappa shape index (κ3) is 6.83. The van der Waals surface area contributed by atoms with Gasteiger partial charge in [0, 0.05) is 35.2 Å². The molecule has 0 aromatic carbocycles. The van der Waals surface area contributed by atoms with Crippen molar-refractivity contribution in [1.82, 2.24) is 30.5 Å². The van der Waals surface area contributed by atoms with E-state index in [0.717, 1.165) is 10.0 Å². The minimum atomic E-state index is -0.862.